The quantitative estimate of drug-likeness (QED) is 0.0279. The lowest BCUT2D eigenvalue weighted by atomic mass is 9.72. The molecule has 21 heteroatoms. The van der Waals surface area contributed by atoms with Crippen molar-refractivity contribution in [3.63, 3.8) is 0 Å². The first kappa shape index (κ1) is 47.6. The van der Waals surface area contributed by atoms with Crippen molar-refractivity contribution in [3.05, 3.63) is 79.4 Å². The van der Waals surface area contributed by atoms with Crippen LogP contribution in [0.5, 0.6) is 28.7 Å². The molecule has 21 nitrogen and oxygen atoms in total. The van der Waals surface area contributed by atoms with E-state index in [1.165, 1.54) is 52.3 Å². The number of ketones is 3. The van der Waals surface area contributed by atoms with Gasteiger partial charge in [-0.3, -0.25) is 29.3 Å². The number of carbonyl (C=O) groups excluding carboxylic acids is 5. The van der Waals surface area contributed by atoms with Crippen LogP contribution >= 0.6 is 0 Å². The van der Waals surface area contributed by atoms with Gasteiger partial charge in [0.05, 0.1) is 78.9 Å². The number of nitrogens with one attached hydrogen (secondary N) is 2. The van der Waals surface area contributed by atoms with Crippen molar-refractivity contribution in [2.45, 2.75) is 88.3 Å². The molecule has 3 unspecified atom stereocenters. The highest BCUT2D eigenvalue weighted by atomic mass is 16.7. The molecule has 0 aromatic heterocycles. The van der Waals surface area contributed by atoms with Crippen molar-refractivity contribution in [2.75, 3.05) is 34.0 Å². The van der Waals surface area contributed by atoms with Gasteiger partial charge in [-0.15, -0.1) is 6.42 Å². The molecule has 0 radical (unpaired) electrons. The third-order valence-electron chi connectivity index (χ3n) is 11.5. The first-order valence-electron chi connectivity index (χ1n) is 20.3. The average molecular weight is 906 g/mol. The molecule has 6 rings (SSSR count). The number of fused-ring (bicyclic) bond motifs is 3. The Hall–Kier alpha value is -6.83. The fraction of sp³-hybridized carbons (Fsp3) is 0.432. The molecule has 1 heterocycles. The van der Waals surface area contributed by atoms with E-state index in [4.69, 9.17) is 34.8 Å². The molecule has 2 amide bonds. The monoisotopic (exact) mass is 905 g/mol. The summed E-state index contributed by atoms with van der Waals surface area (Å²) >= 11 is 0. The smallest absolute Gasteiger partial charge is 0.408 e. The van der Waals surface area contributed by atoms with E-state index in [1.807, 2.05) is 0 Å². The van der Waals surface area contributed by atoms with Gasteiger partial charge in [-0.1, -0.05) is 18.1 Å². The fourth-order valence-corrected chi connectivity index (χ4v) is 8.24. The molecular weight excluding hydrogens is 858 g/mol. The molecule has 346 valence electrons. The Balaban J connectivity index is 1.22. The van der Waals surface area contributed by atoms with Crippen LogP contribution in [0.25, 0.3) is 0 Å². The Morgan fingerprint density at radius 2 is 1.77 bits per heavy atom. The number of alkyl carbamates (subject to hydrolysis) is 1. The van der Waals surface area contributed by atoms with E-state index in [9.17, 15) is 59.6 Å². The molecule has 7 atom stereocenters. The Bertz CT molecular complexity index is 2470. The number of aliphatic hydroxyl groups is 3. The predicted molar refractivity (Wildman–Crippen MR) is 222 cm³/mol. The van der Waals surface area contributed by atoms with E-state index in [0.717, 1.165) is 6.07 Å². The summed E-state index contributed by atoms with van der Waals surface area (Å²) in [6.07, 6.45) is -4.14. The van der Waals surface area contributed by atoms with Crippen LogP contribution in [0.1, 0.15) is 100 Å². The van der Waals surface area contributed by atoms with Crippen molar-refractivity contribution in [1.29, 1.82) is 0 Å². The molecule has 0 spiro atoms. The highest BCUT2D eigenvalue weighted by molar-refractivity contribution is 6.31. The Kier molecular flexibility index (Phi) is 14.3. The standard InChI is InChI=1S/C44H47N3O18/c1-6-12-45-32(50)11-8-13-62-29-16-26(47(58)59)23(14-28(29)61-5)20(2)64-43(56)46-25-15-33(63-21(3)38(25)51)65-30-18-44(57,31(49)19-48)17-24-35(30)42(55)37-36(40(24)53)39(52)22-9-7-10-27(60-4)34(22)41(37)54/h1,7,9-10,14,16,20-21,25,30,33,38,48,51,53,55,57H,8,11-13,15,17-19H2,2-5H3,(H,45,50)(H,46,56)/t20?,21-,25?,30?,33-,38+,44-/m0/s1. The van der Waals surface area contributed by atoms with Gasteiger partial charge < -0.3 is 64.6 Å². The van der Waals surface area contributed by atoms with Crippen LogP contribution in [0, 0.1) is 22.5 Å². The summed E-state index contributed by atoms with van der Waals surface area (Å²) < 4.78 is 34.0. The lowest BCUT2D eigenvalue weighted by molar-refractivity contribution is -0.386. The number of carbonyl (C=O) groups is 5. The zero-order valence-electron chi connectivity index (χ0n) is 35.6. The summed E-state index contributed by atoms with van der Waals surface area (Å²) in [5, 5.41) is 73.2. The number of methoxy groups -OCH3 is 2. The van der Waals surface area contributed by atoms with Crippen LogP contribution in [0.4, 0.5) is 10.5 Å². The normalized spacial score (nSPS) is 22.5. The molecule has 7 N–H and O–H groups in total. The van der Waals surface area contributed by atoms with E-state index in [2.05, 4.69) is 16.6 Å². The van der Waals surface area contributed by atoms with Crippen molar-refractivity contribution in [2.24, 2.45) is 0 Å². The number of aromatic hydroxyl groups is 2. The molecule has 1 fully saturated rings. The molecule has 0 saturated carbocycles. The van der Waals surface area contributed by atoms with Crippen LogP contribution < -0.4 is 24.8 Å². The minimum Gasteiger partial charge on any atom is -0.507 e. The number of aliphatic hydroxyl groups excluding tert-OH is 2. The van der Waals surface area contributed by atoms with Gasteiger partial charge in [0, 0.05) is 42.4 Å². The number of nitrogens with zero attached hydrogens (tertiary/aromatic N) is 1. The number of terminal acetylenes is 1. The number of hydrogen-bond donors (Lipinski definition) is 7. The number of phenolic OH excluding ortho intramolecular Hbond substituents is 2. The van der Waals surface area contributed by atoms with Crippen LogP contribution in [0.2, 0.25) is 0 Å². The Labute approximate surface area is 370 Å². The van der Waals surface area contributed by atoms with Crippen LogP contribution in [0.3, 0.4) is 0 Å². The number of nitro groups is 1. The lowest BCUT2D eigenvalue weighted by Gasteiger charge is -2.42. The van der Waals surface area contributed by atoms with Gasteiger partial charge in [-0.05, 0) is 32.4 Å². The van der Waals surface area contributed by atoms with Crippen molar-refractivity contribution < 1.29 is 82.8 Å². The number of phenols is 2. The molecule has 3 aromatic rings. The number of rotatable bonds is 16. The van der Waals surface area contributed by atoms with Crippen molar-refractivity contribution in [3.8, 4) is 41.1 Å². The Morgan fingerprint density at radius 1 is 1.06 bits per heavy atom. The molecule has 3 aliphatic rings. The number of hydrogen-bond acceptors (Lipinski definition) is 18. The molecule has 0 bridgehead atoms. The van der Waals surface area contributed by atoms with Gasteiger partial charge in [0.1, 0.15) is 41.7 Å². The summed E-state index contributed by atoms with van der Waals surface area (Å²) in [5.41, 5.74) is -5.08. The predicted octanol–water partition coefficient (Wildman–Crippen LogP) is 2.36. The summed E-state index contributed by atoms with van der Waals surface area (Å²) in [6.45, 7) is 1.71. The van der Waals surface area contributed by atoms with Gasteiger partial charge in [0.25, 0.3) is 5.69 Å². The first-order valence-corrected chi connectivity index (χ1v) is 20.3. The second-order valence-electron chi connectivity index (χ2n) is 15.5. The largest absolute Gasteiger partial charge is 0.507 e. The molecule has 1 saturated heterocycles. The second-order valence-corrected chi connectivity index (χ2v) is 15.5. The zero-order valence-corrected chi connectivity index (χ0v) is 35.6. The number of benzene rings is 3. The minimum absolute atomic E-state index is 0.00673. The molecule has 1 aliphatic heterocycles. The maximum Gasteiger partial charge on any atom is 0.408 e. The van der Waals surface area contributed by atoms with E-state index >= 15 is 0 Å². The Morgan fingerprint density at radius 3 is 2.43 bits per heavy atom. The zero-order chi connectivity index (χ0) is 47.5. The molecular formula is C44H47N3O18. The number of nitro benzene ring substituents is 1. The number of amides is 2. The number of ether oxygens (including phenoxy) is 6. The summed E-state index contributed by atoms with van der Waals surface area (Å²) in [4.78, 5) is 77.5. The molecule has 2 aliphatic carbocycles. The summed E-state index contributed by atoms with van der Waals surface area (Å²) in [7, 11) is 2.57. The van der Waals surface area contributed by atoms with Gasteiger partial charge >= 0.3 is 6.09 Å². The third-order valence-corrected chi connectivity index (χ3v) is 11.5. The third kappa shape index (κ3) is 9.38. The maximum atomic E-state index is 14.0. The molecule has 3 aromatic carbocycles. The average Bonchev–Trinajstić information content (AvgIpc) is 3.27. The maximum absolute atomic E-state index is 14.0. The van der Waals surface area contributed by atoms with E-state index in [0.29, 0.717) is 0 Å². The highest BCUT2D eigenvalue weighted by Gasteiger charge is 2.50. The molecule has 65 heavy (non-hydrogen) atoms. The number of Topliss-reactive ketones (excluding diaryl/α,β-unsaturated/α-hetero) is 1. The van der Waals surface area contributed by atoms with Crippen LogP contribution in [-0.4, -0.2) is 124 Å². The van der Waals surface area contributed by atoms with Gasteiger partial charge in [0.15, 0.2) is 29.4 Å². The van der Waals surface area contributed by atoms with Crippen LogP contribution in [0.15, 0.2) is 30.3 Å². The van der Waals surface area contributed by atoms with E-state index in [1.54, 1.807) is 0 Å². The summed E-state index contributed by atoms with van der Waals surface area (Å²) in [6, 6.07) is 5.36. The first-order chi connectivity index (χ1) is 30.9. The highest BCUT2D eigenvalue weighted by Crippen LogP contribution is 2.52. The van der Waals surface area contributed by atoms with Gasteiger partial charge in [0.2, 0.25) is 11.7 Å². The van der Waals surface area contributed by atoms with Crippen molar-refractivity contribution in [1.82, 2.24) is 10.6 Å². The fourth-order valence-electron chi connectivity index (χ4n) is 8.24. The summed E-state index contributed by atoms with van der Waals surface area (Å²) in [5.74, 6) is -2.39. The van der Waals surface area contributed by atoms with Crippen molar-refractivity contribution >= 4 is 35.0 Å². The van der Waals surface area contributed by atoms with Gasteiger partial charge in [-0.2, -0.15) is 0 Å². The topological polar surface area (TPSA) is 309 Å². The van der Waals surface area contributed by atoms with E-state index in [-0.39, 0.29) is 83.4 Å². The SMILES string of the molecule is C#CCNC(=O)CCCOc1cc([N+](=O)[O-])c(C(C)OC(=O)NC2C[C@H](OC3C[C@](O)(C(=O)CO)Cc4c(O)c5c(c(O)c43)C(=O)c3c(OC)cccc3C5=O)O[C@@H](C)[C@H]2O)cc1OC. The second kappa shape index (κ2) is 19.5. The van der Waals surface area contributed by atoms with Crippen LogP contribution in [-0.2, 0) is 30.2 Å². The van der Waals surface area contributed by atoms with Gasteiger partial charge in [-0.25, -0.2) is 4.79 Å². The van der Waals surface area contributed by atoms with E-state index < -0.39 is 118 Å². The lowest BCUT2D eigenvalue weighted by Crippen LogP contribution is -2.56. The minimum atomic E-state index is -2.43.